The van der Waals surface area contributed by atoms with Crippen LogP contribution in [-0.4, -0.2) is 22.4 Å². The van der Waals surface area contributed by atoms with Crippen LogP contribution in [0.15, 0.2) is 52.0 Å². The van der Waals surface area contributed by atoms with E-state index in [0.717, 1.165) is 16.6 Å². The van der Waals surface area contributed by atoms with Crippen molar-refractivity contribution in [2.24, 2.45) is 5.10 Å². The molecule has 0 heterocycles. The second-order valence-corrected chi connectivity index (χ2v) is 6.42. The van der Waals surface area contributed by atoms with Gasteiger partial charge in [-0.3, -0.25) is 19.7 Å². The van der Waals surface area contributed by atoms with Gasteiger partial charge in [0.15, 0.2) is 0 Å². The first-order valence-electron chi connectivity index (χ1n) is 7.69. The third-order valence-corrected chi connectivity index (χ3v) is 4.02. The van der Waals surface area contributed by atoms with Crippen molar-refractivity contribution in [2.45, 2.75) is 13.3 Å². The Kier molecular flexibility index (Phi) is 6.61. The minimum absolute atomic E-state index is 0.00378. The van der Waals surface area contributed by atoms with E-state index in [0.29, 0.717) is 11.4 Å². The Hall–Kier alpha value is -3.27. The molecule has 140 valence electrons. The number of nitrogen functional groups attached to an aromatic ring is 1. The van der Waals surface area contributed by atoms with Crippen molar-refractivity contribution in [3.63, 3.8) is 0 Å². The van der Waals surface area contributed by atoms with Gasteiger partial charge in [-0.05, 0) is 41.1 Å². The van der Waals surface area contributed by atoms with Crippen molar-refractivity contribution in [3.8, 4) is 0 Å². The number of nitro benzene ring substituents is 1. The van der Waals surface area contributed by atoms with Crippen molar-refractivity contribution in [1.29, 1.82) is 0 Å². The molecule has 0 radical (unpaired) electrons. The van der Waals surface area contributed by atoms with Crippen LogP contribution in [0.4, 0.5) is 17.1 Å². The average molecular weight is 434 g/mol. The summed E-state index contributed by atoms with van der Waals surface area (Å²) >= 11 is 3.33. The maximum atomic E-state index is 12.1. The summed E-state index contributed by atoms with van der Waals surface area (Å²) in [6, 6.07) is 10.7. The SMILES string of the molecule is CC(CC(=O)Nc1ccccc1Br)=NNC(=O)c1cc(N)cc([N+](=O)[O-])c1. The van der Waals surface area contributed by atoms with Gasteiger partial charge in [-0.15, -0.1) is 0 Å². The summed E-state index contributed by atoms with van der Waals surface area (Å²) in [5, 5.41) is 17.4. The second-order valence-electron chi connectivity index (χ2n) is 5.56. The molecular weight excluding hydrogens is 418 g/mol. The molecule has 0 saturated carbocycles. The number of para-hydroxylation sites is 1. The summed E-state index contributed by atoms with van der Waals surface area (Å²) in [7, 11) is 0. The highest BCUT2D eigenvalue weighted by Crippen LogP contribution is 2.21. The lowest BCUT2D eigenvalue weighted by molar-refractivity contribution is -0.384. The molecule has 4 N–H and O–H groups in total. The molecule has 0 saturated heterocycles. The summed E-state index contributed by atoms with van der Waals surface area (Å²) in [6.07, 6.45) is -0.0430. The highest BCUT2D eigenvalue weighted by Gasteiger charge is 2.14. The van der Waals surface area contributed by atoms with Crippen LogP contribution < -0.4 is 16.5 Å². The first-order valence-corrected chi connectivity index (χ1v) is 8.48. The number of amides is 2. The number of nitrogens with two attached hydrogens (primary N) is 1. The van der Waals surface area contributed by atoms with Gasteiger partial charge in [-0.2, -0.15) is 5.10 Å². The number of nitrogens with zero attached hydrogens (tertiary/aromatic N) is 2. The van der Waals surface area contributed by atoms with E-state index in [1.165, 1.54) is 6.07 Å². The molecule has 0 aliphatic rings. The Morgan fingerprint density at radius 2 is 1.96 bits per heavy atom. The van der Waals surface area contributed by atoms with E-state index in [1.807, 2.05) is 6.07 Å². The molecule has 2 rings (SSSR count). The van der Waals surface area contributed by atoms with Crippen molar-refractivity contribution in [1.82, 2.24) is 5.43 Å². The summed E-state index contributed by atoms with van der Waals surface area (Å²) in [6.45, 7) is 1.57. The lowest BCUT2D eigenvalue weighted by atomic mass is 10.1. The third kappa shape index (κ3) is 5.89. The zero-order chi connectivity index (χ0) is 20.0. The monoisotopic (exact) mass is 433 g/mol. The Morgan fingerprint density at radius 3 is 2.63 bits per heavy atom. The molecule has 10 heteroatoms. The van der Waals surface area contributed by atoms with E-state index >= 15 is 0 Å². The first kappa shape index (κ1) is 20.0. The number of hydrogen-bond acceptors (Lipinski definition) is 6. The maximum Gasteiger partial charge on any atom is 0.272 e. The molecule has 0 aromatic heterocycles. The number of nitro groups is 1. The first-order chi connectivity index (χ1) is 12.8. The van der Waals surface area contributed by atoms with Gasteiger partial charge in [0.05, 0.1) is 22.6 Å². The number of benzene rings is 2. The molecule has 0 bridgehead atoms. The van der Waals surface area contributed by atoms with Crippen LogP contribution in [0.2, 0.25) is 0 Å². The normalized spacial score (nSPS) is 11.0. The van der Waals surface area contributed by atoms with Gasteiger partial charge in [-0.25, -0.2) is 5.43 Å². The molecule has 0 aliphatic heterocycles. The largest absolute Gasteiger partial charge is 0.399 e. The number of halogens is 1. The van der Waals surface area contributed by atoms with E-state index in [4.69, 9.17) is 5.73 Å². The Labute approximate surface area is 162 Å². The van der Waals surface area contributed by atoms with E-state index in [9.17, 15) is 19.7 Å². The molecule has 2 aromatic carbocycles. The van der Waals surface area contributed by atoms with Gasteiger partial charge in [0.25, 0.3) is 11.6 Å². The van der Waals surface area contributed by atoms with Gasteiger partial charge >= 0.3 is 0 Å². The summed E-state index contributed by atoms with van der Waals surface area (Å²) < 4.78 is 0.740. The second kappa shape index (κ2) is 8.90. The Bertz CT molecular complexity index is 929. The van der Waals surface area contributed by atoms with E-state index in [2.05, 4.69) is 31.8 Å². The number of non-ortho nitro benzene ring substituents is 1. The molecule has 27 heavy (non-hydrogen) atoms. The number of hydrogen-bond donors (Lipinski definition) is 3. The summed E-state index contributed by atoms with van der Waals surface area (Å²) in [5.74, 6) is -0.979. The zero-order valence-electron chi connectivity index (χ0n) is 14.2. The smallest absolute Gasteiger partial charge is 0.272 e. The lowest BCUT2D eigenvalue weighted by Gasteiger charge is -2.07. The summed E-state index contributed by atoms with van der Waals surface area (Å²) in [4.78, 5) is 34.3. The molecular formula is C17H16BrN5O4. The number of carbonyl (C=O) groups is 2. The predicted molar refractivity (Wildman–Crippen MR) is 105 cm³/mol. The van der Waals surface area contributed by atoms with Crippen LogP contribution in [0.1, 0.15) is 23.7 Å². The molecule has 2 aromatic rings. The topological polar surface area (TPSA) is 140 Å². The fourth-order valence-electron chi connectivity index (χ4n) is 2.11. The lowest BCUT2D eigenvalue weighted by Crippen LogP contribution is -2.21. The van der Waals surface area contributed by atoms with Gasteiger partial charge in [-0.1, -0.05) is 12.1 Å². The quantitative estimate of drug-likeness (QED) is 0.278. The molecule has 0 atom stereocenters. The maximum absolute atomic E-state index is 12.1. The number of carbonyl (C=O) groups excluding carboxylic acids is 2. The Balaban J connectivity index is 1.98. The standard InChI is InChI=1S/C17H16BrN5O4/c1-10(6-16(24)20-15-5-3-2-4-14(15)18)21-22-17(25)11-7-12(19)9-13(8-11)23(26)27/h2-5,7-9H,6,19H2,1H3,(H,20,24)(H,22,25). The Morgan fingerprint density at radius 1 is 1.26 bits per heavy atom. The van der Waals surface area contributed by atoms with Gasteiger partial charge in [0.1, 0.15) is 0 Å². The van der Waals surface area contributed by atoms with Crippen molar-refractivity contribution in [3.05, 3.63) is 62.6 Å². The molecule has 0 fully saturated rings. The van der Waals surface area contributed by atoms with Crippen LogP contribution in [-0.2, 0) is 4.79 Å². The van der Waals surface area contributed by atoms with E-state index in [1.54, 1.807) is 25.1 Å². The van der Waals surface area contributed by atoms with Crippen LogP contribution in [0, 0.1) is 10.1 Å². The average Bonchev–Trinajstić information content (AvgIpc) is 2.61. The number of anilines is 2. The number of nitrogens with one attached hydrogen (secondary N) is 2. The van der Waals surface area contributed by atoms with Crippen LogP contribution in [0.3, 0.4) is 0 Å². The molecule has 9 nitrogen and oxygen atoms in total. The number of hydrazone groups is 1. The molecule has 0 unspecified atom stereocenters. The fraction of sp³-hybridized carbons (Fsp3) is 0.118. The van der Waals surface area contributed by atoms with Crippen LogP contribution >= 0.6 is 15.9 Å². The summed E-state index contributed by atoms with van der Waals surface area (Å²) in [5.41, 5.74) is 8.57. The zero-order valence-corrected chi connectivity index (χ0v) is 15.8. The van der Waals surface area contributed by atoms with Crippen molar-refractivity contribution < 1.29 is 14.5 Å². The van der Waals surface area contributed by atoms with E-state index in [-0.39, 0.29) is 29.3 Å². The minimum Gasteiger partial charge on any atom is -0.399 e. The predicted octanol–water partition coefficient (Wildman–Crippen LogP) is 3.07. The van der Waals surface area contributed by atoms with E-state index < -0.39 is 10.8 Å². The van der Waals surface area contributed by atoms with Crippen molar-refractivity contribution >= 4 is 50.5 Å². The van der Waals surface area contributed by atoms with Gasteiger partial charge in [0.2, 0.25) is 5.91 Å². The van der Waals surface area contributed by atoms with Crippen LogP contribution in [0.5, 0.6) is 0 Å². The number of rotatable bonds is 6. The molecule has 0 spiro atoms. The fourth-order valence-corrected chi connectivity index (χ4v) is 2.49. The van der Waals surface area contributed by atoms with Gasteiger partial charge < -0.3 is 11.1 Å². The molecule has 2 amide bonds. The van der Waals surface area contributed by atoms with Gasteiger partial charge in [0, 0.05) is 28.0 Å². The highest BCUT2D eigenvalue weighted by atomic mass is 79.9. The minimum atomic E-state index is -0.670. The highest BCUT2D eigenvalue weighted by molar-refractivity contribution is 9.10. The van der Waals surface area contributed by atoms with Crippen LogP contribution in [0.25, 0.3) is 0 Å². The third-order valence-electron chi connectivity index (χ3n) is 3.33. The molecule has 0 aliphatic carbocycles. The van der Waals surface area contributed by atoms with Crippen molar-refractivity contribution in [2.75, 3.05) is 11.1 Å².